The van der Waals surface area contributed by atoms with E-state index in [0.717, 1.165) is 5.39 Å². The average Bonchev–Trinajstić information content (AvgIpc) is 3.49. The Balaban J connectivity index is 1.52. The van der Waals surface area contributed by atoms with Crippen molar-refractivity contribution in [1.82, 2.24) is 15.6 Å². The molecule has 5 rings (SSSR count). The lowest BCUT2D eigenvalue weighted by Gasteiger charge is -2.20. The summed E-state index contributed by atoms with van der Waals surface area (Å²) in [5.74, 6) is -2.50. The zero-order chi connectivity index (χ0) is 32.7. The van der Waals surface area contributed by atoms with Crippen LogP contribution in [0.25, 0.3) is 10.9 Å². The molecule has 0 radical (unpaired) electrons. The molecular weight excluding hydrogens is 600 g/mol. The lowest BCUT2D eigenvalue weighted by molar-refractivity contribution is -0.143. The van der Waals surface area contributed by atoms with Gasteiger partial charge in [0.15, 0.2) is 0 Å². The van der Waals surface area contributed by atoms with Crippen LogP contribution in [0.2, 0.25) is 0 Å². The summed E-state index contributed by atoms with van der Waals surface area (Å²) in [5.41, 5.74) is -1.21. The van der Waals surface area contributed by atoms with E-state index < -0.39 is 52.8 Å². The Labute approximate surface area is 254 Å². The van der Waals surface area contributed by atoms with Crippen molar-refractivity contribution in [2.24, 2.45) is 5.92 Å². The van der Waals surface area contributed by atoms with E-state index in [1.807, 2.05) is 38.1 Å². The second-order valence-electron chi connectivity index (χ2n) is 11.2. The smallest absolute Gasteiger partial charge is 0.416 e. The van der Waals surface area contributed by atoms with E-state index in [1.54, 1.807) is 30.3 Å². The molecule has 236 valence electrons. The van der Waals surface area contributed by atoms with Crippen LogP contribution in [-0.4, -0.2) is 34.5 Å². The van der Waals surface area contributed by atoms with Crippen LogP contribution < -0.4 is 10.6 Å². The number of aliphatic hydroxyl groups excluding tert-OH is 1. The highest BCUT2D eigenvalue weighted by molar-refractivity contribution is 6.00. The van der Waals surface area contributed by atoms with E-state index in [0.29, 0.717) is 34.5 Å². The molecule has 3 aromatic carbocycles. The predicted molar refractivity (Wildman–Crippen MR) is 155 cm³/mol. The zero-order valence-corrected chi connectivity index (χ0v) is 24.1. The molecule has 0 spiro atoms. The van der Waals surface area contributed by atoms with Gasteiger partial charge in [-0.3, -0.25) is 9.59 Å². The normalized spacial score (nSPS) is 16.4. The van der Waals surface area contributed by atoms with Gasteiger partial charge in [0.05, 0.1) is 28.7 Å². The number of amides is 2. The fourth-order valence-electron chi connectivity index (χ4n) is 5.68. The quantitative estimate of drug-likeness (QED) is 0.154. The number of aromatic nitrogens is 1. The van der Waals surface area contributed by atoms with E-state index >= 15 is 0 Å². The molecule has 0 fully saturated rings. The molecule has 2 heterocycles. The summed E-state index contributed by atoms with van der Waals surface area (Å²) in [6, 6.07) is 16.3. The lowest BCUT2D eigenvalue weighted by Crippen LogP contribution is -2.33. The largest absolute Gasteiger partial charge is 0.510 e. The maximum atomic E-state index is 13.3. The summed E-state index contributed by atoms with van der Waals surface area (Å²) in [7, 11) is 0. The van der Waals surface area contributed by atoms with Crippen molar-refractivity contribution in [3.05, 3.63) is 118 Å². The molecule has 1 aliphatic heterocycles. The maximum Gasteiger partial charge on any atom is 0.416 e. The van der Waals surface area contributed by atoms with Crippen LogP contribution in [0.15, 0.2) is 84.1 Å². The number of rotatable bonds is 8. The van der Waals surface area contributed by atoms with E-state index in [-0.39, 0.29) is 36.3 Å². The average molecular weight is 630 g/mol. The highest BCUT2D eigenvalue weighted by atomic mass is 19.4. The Hall–Kier alpha value is -4.74. The van der Waals surface area contributed by atoms with Crippen molar-refractivity contribution < 1.29 is 41.0 Å². The number of halogens is 6. The maximum absolute atomic E-state index is 13.3. The van der Waals surface area contributed by atoms with E-state index in [1.165, 1.54) is 0 Å². The van der Waals surface area contributed by atoms with Gasteiger partial charge in [-0.05, 0) is 47.7 Å². The highest BCUT2D eigenvalue weighted by Crippen LogP contribution is 2.41. The molecule has 4 aromatic rings. The third kappa shape index (κ3) is 6.40. The first kappa shape index (κ1) is 31.7. The molecule has 1 aliphatic rings. The molecule has 0 saturated heterocycles. The molecule has 2 atom stereocenters. The molecule has 12 heteroatoms. The van der Waals surface area contributed by atoms with Gasteiger partial charge in [0.25, 0.3) is 11.8 Å². The van der Waals surface area contributed by atoms with Gasteiger partial charge in [-0.25, -0.2) is 0 Å². The fourth-order valence-corrected chi connectivity index (χ4v) is 5.68. The molecule has 0 bridgehead atoms. The molecule has 2 unspecified atom stereocenters. The summed E-state index contributed by atoms with van der Waals surface area (Å²) < 4.78 is 80.1. The number of fused-ring (bicyclic) bond motifs is 1. The molecule has 0 aliphatic carbocycles. The topological polar surface area (TPSA) is 94.2 Å². The Morgan fingerprint density at radius 1 is 0.911 bits per heavy atom. The number of nitrogens with one attached hydrogen (secondary N) is 3. The minimum Gasteiger partial charge on any atom is -0.510 e. The van der Waals surface area contributed by atoms with Crippen LogP contribution in [0.1, 0.15) is 58.1 Å². The van der Waals surface area contributed by atoms with E-state index in [2.05, 4.69) is 15.6 Å². The Kier molecular flexibility index (Phi) is 8.43. The third-order valence-electron chi connectivity index (χ3n) is 7.84. The van der Waals surface area contributed by atoms with E-state index in [9.17, 15) is 41.0 Å². The van der Waals surface area contributed by atoms with Gasteiger partial charge >= 0.3 is 12.4 Å². The number of carbonyl (C=O) groups excluding carboxylic acids is 2. The molecular formula is C33H29F6N3O3. The Morgan fingerprint density at radius 3 is 2.09 bits per heavy atom. The van der Waals surface area contributed by atoms with Crippen LogP contribution in [-0.2, 0) is 23.6 Å². The van der Waals surface area contributed by atoms with Gasteiger partial charge in [-0.1, -0.05) is 62.4 Å². The summed E-state index contributed by atoms with van der Waals surface area (Å²) in [6.07, 6.45) is -10.1. The van der Waals surface area contributed by atoms with E-state index in [4.69, 9.17) is 0 Å². The number of hydrogen-bond acceptors (Lipinski definition) is 3. The predicted octanol–water partition coefficient (Wildman–Crippen LogP) is 7.28. The second-order valence-corrected chi connectivity index (χ2v) is 11.2. The number of benzene rings is 3. The standard InChI is InChI=1S/C33H29F6N3O3/c1-17(2)27-29(43)26(31(45)42-27)25(18-8-4-3-5-9-18)28-23(22-10-6-7-11-24(22)41-28)12-13-40-30(44)19-14-20(32(34,35)36)16-21(15-19)33(37,38)39/h3-11,14-17,25,27,41,43H,12-13H2,1-2H3,(H,40,44)(H,42,45). The van der Waals surface area contributed by atoms with Gasteiger partial charge < -0.3 is 20.7 Å². The van der Waals surface area contributed by atoms with Gasteiger partial charge in [0.1, 0.15) is 5.76 Å². The van der Waals surface area contributed by atoms with Crippen LogP contribution in [0.4, 0.5) is 26.3 Å². The van der Waals surface area contributed by atoms with Crippen molar-refractivity contribution in [3.63, 3.8) is 0 Å². The van der Waals surface area contributed by atoms with Gasteiger partial charge in [0.2, 0.25) is 0 Å². The highest BCUT2D eigenvalue weighted by Gasteiger charge is 2.41. The Bertz CT molecular complexity index is 1740. The first-order chi connectivity index (χ1) is 21.2. The van der Waals surface area contributed by atoms with Crippen LogP contribution in [0.3, 0.4) is 0 Å². The van der Waals surface area contributed by atoms with Crippen molar-refractivity contribution >= 4 is 22.7 Å². The lowest BCUT2D eigenvalue weighted by atomic mass is 9.84. The molecule has 45 heavy (non-hydrogen) atoms. The molecule has 0 saturated carbocycles. The van der Waals surface area contributed by atoms with Crippen molar-refractivity contribution in [3.8, 4) is 0 Å². The molecule has 6 nitrogen and oxygen atoms in total. The summed E-state index contributed by atoms with van der Waals surface area (Å²) >= 11 is 0. The molecule has 2 amide bonds. The molecule has 1 aromatic heterocycles. The third-order valence-corrected chi connectivity index (χ3v) is 7.84. The fraction of sp³-hybridized carbons (Fsp3) is 0.273. The van der Waals surface area contributed by atoms with Gasteiger partial charge in [0, 0.05) is 28.7 Å². The number of aliphatic hydroxyl groups is 1. The van der Waals surface area contributed by atoms with Crippen LogP contribution >= 0.6 is 0 Å². The van der Waals surface area contributed by atoms with Crippen LogP contribution in [0.5, 0.6) is 0 Å². The van der Waals surface area contributed by atoms with Gasteiger partial charge in [-0.2, -0.15) is 26.3 Å². The second kappa shape index (κ2) is 12.0. The van der Waals surface area contributed by atoms with Crippen molar-refractivity contribution in [2.75, 3.05) is 6.54 Å². The number of alkyl halides is 6. The van der Waals surface area contributed by atoms with Gasteiger partial charge in [-0.15, -0.1) is 0 Å². The number of para-hydroxylation sites is 1. The Morgan fingerprint density at radius 2 is 1.51 bits per heavy atom. The first-order valence-corrected chi connectivity index (χ1v) is 14.1. The summed E-state index contributed by atoms with van der Waals surface area (Å²) in [6.45, 7) is 3.57. The number of hydrogen-bond donors (Lipinski definition) is 4. The number of carbonyl (C=O) groups is 2. The minimum atomic E-state index is -5.09. The summed E-state index contributed by atoms with van der Waals surface area (Å²) in [5, 5.41) is 17.3. The summed E-state index contributed by atoms with van der Waals surface area (Å²) in [4.78, 5) is 29.5. The van der Waals surface area contributed by atoms with Crippen LogP contribution in [0, 0.1) is 5.92 Å². The zero-order valence-electron chi connectivity index (χ0n) is 24.1. The molecule has 4 N–H and O–H groups in total. The van der Waals surface area contributed by atoms with Crippen molar-refractivity contribution in [2.45, 2.75) is 44.6 Å². The SMILES string of the molecule is CC(C)C1NC(=O)C(C(c2ccccc2)c2[nH]c3ccccc3c2CCNC(=O)c2cc(C(F)(F)F)cc(C(F)(F)F)c2)=C1O. The minimum absolute atomic E-state index is 0.0359. The monoisotopic (exact) mass is 629 g/mol. The van der Waals surface area contributed by atoms with Crippen molar-refractivity contribution in [1.29, 1.82) is 0 Å². The number of H-pyrrole nitrogens is 1. The number of aromatic amines is 1. The first-order valence-electron chi connectivity index (χ1n) is 14.1.